The lowest BCUT2D eigenvalue weighted by Crippen LogP contribution is -2.48. The quantitative estimate of drug-likeness (QED) is 0.487. The van der Waals surface area contributed by atoms with Crippen LogP contribution in [0.1, 0.15) is 55.1 Å². The van der Waals surface area contributed by atoms with E-state index in [9.17, 15) is 31.2 Å². The summed E-state index contributed by atoms with van der Waals surface area (Å²) in [5, 5.41) is 8.03. The summed E-state index contributed by atoms with van der Waals surface area (Å²) in [5.41, 5.74) is 0.113. The molecule has 2 atom stereocenters. The van der Waals surface area contributed by atoms with Gasteiger partial charge in [-0.15, -0.1) is 0 Å². The predicted octanol–water partition coefficient (Wildman–Crippen LogP) is 3.64. The lowest BCUT2D eigenvalue weighted by atomic mass is 9.90. The van der Waals surface area contributed by atoms with E-state index in [1.165, 1.54) is 19.2 Å². The molecule has 0 radical (unpaired) electrons. The average molecular weight is 543 g/mol. The van der Waals surface area contributed by atoms with E-state index in [-0.39, 0.29) is 23.3 Å². The maximum atomic E-state index is 13.1. The third-order valence-corrected chi connectivity index (χ3v) is 7.19. The van der Waals surface area contributed by atoms with Crippen molar-refractivity contribution in [3.05, 3.63) is 53.6 Å². The summed E-state index contributed by atoms with van der Waals surface area (Å²) in [6.45, 7) is 3.19. The molecule has 2 heterocycles. The van der Waals surface area contributed by atoms with Crippen LogP contribution in [0.4, 0.5) is 19.0 Å². The van der Waals surface area contributed by atoms with E-state index < -0.39 is 39.7 Å². The number of sulfonamides is 1. The maximum Gasteiger partial charge on any atom is 0.471 e. The minimum absolute atomic E-state index is 0.0293. The number of anilines is 1. The van der Waals surface area contributed by atoms with Gasteiger partial charge in [0.15, 0.2) is 5.03 Å². The molecule has 1 aliphatic rings. The summed E-state index contributed by atoms with van der Waals surface area (Å²) in [5.74, 6) is -2.32. The highest BCUT2D eigenvalue weighted by Crippen LogP contribution is 2.39. The highest BCUT2D eigenvalue weighted by atomic mass is 32.2. The number of nitrogens with two attached hydrogens (primary N) is 1. The fraction of sp³-hybridized carbons (Fsp3) is 0.458. The second-order valence-electron chi connectivity index (χ2n) is 9.59. The number of halogens is 3. The normalized spacial score (nSPS) is 18.4. The van der Waals surface area contributed by atoms with Gasteiger partial charge in [-0.05, 0) is 68.9 Å². The molecule has 1 amide bonds. The number of alkyl halides is 3. The molecule has 0 aliphatic carbocycles. The van der Waals surface area contributed by atoms with Gasteiger partial charge in [-0.3, -0.25) is 4.79 Å². The van der Waals surface area contributed by atoms with Crippen molar-refractivity contribution < 1.29 is 35.9 Å². The average Bonchev–Trinajstić information content (AvgIpc) is 3.13. The zero-order valence-electron chi connectivity index (χ0n) is 20.6. The second-order valence-corrected chi connectivity index (χ2v) is 11.1. The first-order chi connectivity index (χ1) is 17.1. The minimum atomic E-state index is -4.95. The van der Waals surface area contributed by atoms with Gasteiger partial charge in [0.25, 0.3) is 10.0 Å². The predicted molar refractivity (Wildman–Crippen MR) is 129 cm³/mol. The lowest BCUT2D eigenvalue weighted by molar-refractivity contribution is -0.188. The van der Waals surface area contributed by atoms with Crippen molar-refractivity contribution in [3.8, 4) is 0 Å². The van der Waals surface area contributed by atoms with Gasteiger partial charge in [0.1, 0.15) is 5.82 Å². The van der Waals surface area contributed by atoms with E-state index in [0.717, 1.165) is 10.5 Å². The molecule has 1 aromatic heterocycles. The molecular weight excluding hydrogens is 513 g/mol. The maximum absolute atomic E-state index is 13.1. The van der Waals surface area contributed by atoms with Gasteiger partial charge in [-0.25, -0.2) is 23.3 Å². The van der Waals surface area contributed by atoms with Crippen molar-refractivity contribution in [2.24, 2.45) is 11.1 Å². The van der Waals surface area contributed by atoms with Crippen molar-refractivity contribution in [3.63, 3.8) is 0 Å². The zero-order chi connectivity index (χ0) is 27.6. The van der Waals surface area contributed by atoms with Crippen LogP contribution in [0.15, 0.2) is 47.5 Å². The number of amides is 1. The lowest BCUT2D eigenvalue weighted by Gasteiger charge is -2.31. The number of pyridine rings is 1. The van der Waals surface area contributed by atoms with Crippen LogP contribution in [0.5, 0.6) is 0 Å². The summed E-state index contributed by atoms with van der Waals surface area (Å²) in [6.07, 6.45) is -3.66. The summed E-state index contributed by atoms with van der Waals surface area (Å²) < 4.78 is 67.4. The Kier molecular flexibility index (Phi) is 8.18. The number of esters is 1. The molecule has 1 fully saturated rings. The molecule has 0 spiro atoms. The number of benzene rings is 1. The number of aromatic nitrogens is 1. The Balaban J connectivity index is 1.83. The second kappa shape index (κ2) is 10.7. The van der Waals surface area contributed by atoms with Crippen molar-refractivity contribution in [1.29, 1.82) is 0 Å². The first-order valence-electron chi connectivity index (χ1n) is 11.5. The fourth-order valence-corrected chi connectivity index (χ4v) is 5.11. The molecule has 2 aromatic rings. The molecule has 3 rings (SSSR count). The van der Waals surface area contributed by atoms with Crippen molar-refractivity contribution in [1.82, 2.24) is 9.88 Å². The van der Waals surface area contributed by atoms with Crippen LogP contribution in [0.3, 0.4) is 0 Å². The highest BCUT2D eigenvalue weighted by molar-refractivity contribution is 7.89. The number of nitrogens with zero attached hydrogens (tertiary/aromatic N) is 2. The first kappa shape index (κ1) is 28.4. The zero-order valence-corrected chi connectivity index (χ0v) is 21.4. The molecular formula is C24H29F3N4O5S. The van der Waals surface area contributed by atoms with Crippen LogP contribution in [0.25, 0.3) is 0 Å². The van der Waals surface area contributed by atoms with Gasteiger partial charge in [-0.1, -0.05) is 18.2 Å². The Hall–Kier alpha value is -3.19. The van der Waals surface area contributed by atoms with Crippen molar-refractivity contribution >= 4 is 27.7 Å². The Morgan fingerprint density at radius 1 is 1.22 bits per heavy atom. The van der Waals surface area contributed by atoms with Crippen LogP contribution < -0.4 is 10.5 Å². The standard InChI is InChI=1S/C24H29F3N4O5S/c1-23(2)13-15(14-31(23)22(33)24(25,26)27)7-12-18(16-8-10-17(11-9-16)21(32)36-3)29-19-5-4-6-20(30-19)37(28,34)35/h4-6,8-11,15,18H,7,12-14H2,1-3H3,(H,29,30)(H2,28,34,35)/t15-,18?/m0/s1. The molecule has 37 heavy (non-hydrogen) atoms. The van der Waals surface area contributed by atoms with Gasteiger partial charge in [0, 0.05) is 12.1 Å². The first-order valence-corrected chi connectivity index (χ1v) is 13.0. The van der Waals surface area contributed by atoms with Gasteiger partial charge in [0.05, 0.1) is 18.7 Å². The number of hydrogen-bond acceptors (Lipinski definition) is 7. The number of ether oxygens (including phenoxy) is 1. The van der Waals surface area contributed by atoms with Crippen LogP contribution in [0.2, 0.25) is 0 Å². The number of methoxy groups -OCH3 is 1. The third-order valence-electron chi connectivity index (χ3n) is 6.38. The van der Waals surface area contributed by atoms with Gasteiger partial charge < -0.3 is 15.0 Å². The van der Waals surface area contributed by atoms with E-state index >= 15 is 0 Å². The topological polar surface area (TPSA) is 132 Å². The number of carbonyl (C=O) groups is 2. The molecule has 1 saturated heterocycles. The van der Waals surface area contributed by atoms with Gasteiger partial charge in [-0.2, -0.15) is 13.2 Å². The van der Waals surface area contributed by atoms with E-state index in [4.69, 9.17) is 9.88 Å². The Morgan fingerprint density at radius 2 is 1.86 bits per heavy atom. The molecule has 0 saturated carbocycles. The molecule has 13 heteroatoms. The van der Waals surface area contributed by atoms with E-state index in [1.807, 2.05) is 0 Å². The smallest absolute Gasteiger partial charge is 0.465 e. The molecule has 3 N–H and O–H groups in total. The highest BCUT2D eigenvalue weighted by Gasteiger charge is 2.50. The SMILES string of the molecule is COC(=O)c1ccc(C(CC[C@@H]2CN(C(=O)C(F)(F)F)C(C)(C)C2)Nc2cccc(S(N)(=O)=O)n2)cc1. The van der Waals surface area contributed by atoms with Crippen molar-refractivity contribution in [2.45, 2.75) is 55.9 Å². The summed E-state index contributed by atoms with van der Waals surface area (Å²) in [6, 6.07) is 10.4. The molecule has 1 aliphatic heterocycles. The van der Waals surface area contributed by atoms with Crippen LogP contribution in [-0.4, -0.2) is 55.5 Å². The Bertz CT molecular complexity index is 1250. The van der Waals surface area contributed by atoms with Crippen molar-refractivity contribution in [2.75, 3.05) is 19.0 Å². The minimum Gasteiger partial charge on any atom is -0.465 e. The number of primary sulfonamides is 1. The Morgan fingerprint density at radius 3 is 2.43 bits per heavy atom. The monoisotopic (exact) mass is 542 g/mol. The number of carbonyl (C=O) groups excluding carboxylic acids is 2. The molecule has 1 aromatic carbocycles. The molecule has 9 nitrogen and oxygen atoms in total. The van der Waals surface area contributed by atoms with Crippen LogP contribution >= 0.6 is 0 Å². The van der Waals surface area contributed by atoms with Crippen LogP contribution in [-0.2, 0) is 19.6 Å². The van der Waals surface area contributed by atoms with E-state index in [2.05, 4.69) is 10.3 Å². The van der Waals surface area contributed by atoms with E-state index in [1.54, 1.807) is 44.2 Å². The third kappa shape index (κ3) is 6.98. The summed E-state index contributed by atoms with van der Waals surface area (Å²) in [4.78, 5) is 28.7. The Labute approximate surface area is 213 Å². The largest absolute Gasteiger partial charge is 0.471 e. The van der Waals surface area contributed by atoms with Gasteiger partial charge >= 0.3 is 18.1 Å². The number of likely N-dealkylation sites (tertiary alicyclic amines) is 1. The summed E-state index contributed by atoms with van der Waals surface area (Å²) >= 11 is 0. The molecule has 0 bridgehead atoms. The van der Waals surface area contributed by atoms with Gasteiger partial charge in [0.2, 0.25) is 0 Å². The van der Waals surface area contributed by atoms with E-state index in [0.29, 0.717) is 24.8 Å². The number of rotatable bonds is 8. The number of hydrogen-bond donors (Lipinski definition) is 2. The summed E-state index contributed by atoms with van der Waals surface area (Å²) in [7, 11) is -2.78. The number of nitrogens with one attached hydrogen (secondary N) is 1. The fourth-order valence-electron chi connectivity index (χ4n) is 4.62. The molecule has 202 valence electrons. The van der Waals surface area contributed by atoms with Crippen LogP contribution in [0, 0.1) is 5.92 Å². The molecule has 1 unspecified atom stereocenters.